The monoisotopic (exact) mass is 254 g/mol. The summed E-state index contributed by atoms with van der Waals surface area (Å²) in [5.41, 5.74) is 5.13. The summed E-state index contributed by atoms with van der Waals surface area (Å²) < 4.78 is -0.0971. The number of primary amides is 1. The number of likely N-dealkylation sites (tertiary alicyclic amines) is 1. The quantitative estimate of drug-likeness (QED) is 0.438. The van der Waals surface area contributed by atoms with E-state index in [0.717, 1.165) is 13.1 Å². The largest absolute Gasteiger partial charge is 0.368 e. The summed E-state index contributed by atoms with van der Waals surface area (Å²) in [6.45, 7) is 2.05. The van der Waals surface area contributed by atoms with Gasteiger partial charge in [0.15, 0.2) is 0 Å². The zero-order valence-electron chi connectivity index (χ0n) is 5.72. The Bertz CT molecular complexity index is 134. The number of hydrogen-bond donors (Lipinski definition) is 1. The smallest absolute Gasteiger partial charge is 0.244 e. The molecule has 0 radical (unpaired) electrons. The van der Waals surface area contributed by atoms with Crippen LogP contribution >= 0.6 is 22.6 Å². The van der Waals surface area contributed by atoms with E-state index < -0.39 is 0 Å². The van der Waals surface area contributed by atoms with Crippen LogP contribution in [0.1, 0.15) is 12.8 Å². The van der Waals surface area contributed by atoms with Crippen molar-refractivity contribution < 1.29 is 4.79 Å². The molecule has 1 fully saturated rings. The Kier molecular flexibility index (Phi) is 2.91. The van der Waals surface area contributed by atoms with E-state index in [-0.39, 0.29) is 9.96 Å². The summed E-state index contributed by atoms with van der Waals surface area (Å²) in [7, 11) is 0. The van der Waals surface area contributed by atoms with E-state index >= 15 is 0 Å². The predicted octanol–water partition coefficient (Wildman–Crippen LogP) is 0.329. The van der Waals surface area contributed by atoms with Crippen molar-refractivity contribution in [3.63, 3.8) is 0 Å². The molecule has 0 spiro atoms. The molecule has 3 nitrogen and oxygen atoms in total. The number of rotatable bonds is 2. The van der Waals surface area contributed by atoms with Crippen LogP contribution in [-0.4, -0.2) is 27.9 Å². The van der Waals surface area contributed by atoms with Crippen LogP contribution in [0, 0.1) is 0 Å². The first-order valence-corrected chi connectivity index (χ1v) is 4.64. The van der Waals surface area contributed by atoms with Crippen molar-refractivity contribution in [3.05, 3.63) is 0 Å². The lowest BCUT2D eigenvalue weighted by Gasteiger charge is -2.18. The molecule has 58 valence electrons. The topological polar surface area (TPSA) is 46.3 Å². The second-order valence-corrected chi connectivity index (χ2v) is 3.66. The van der Waals surface area contributed by atoms with E-state index in [4.69, 9.17) is 5.73 Å². The molecular formula is C6H11IN2O. The molecule has 0 bridgehead atoms. The summed E-state index contributed by atoms with van der Waals surface area (Å²) in [5, 5.41) is 0. The van der Waals surface area contributed by atoms with E-state index in [1.807, 2.05) is 0 Å². The van der Waals surface area contributed by atoms with Gasteiger partial charge in [0.1, 0.15) is 4.05 Å². The molecule has 1 saturated heterocycles. The third-order valence-electron chi connectivity index (χ3n) is 1.70. The molecule has 0 aromatic carbocycles. The Hall–Kier alpha value is 0.160. The van der Waals surface area contributed by atoms with Gasteiger partial charge in [-0.2, -0.15) is 0 Å². The maximum atomic E-state index is 10.7. The predicted molar refractivity (Wildman–Crippen MR) is 47.8 cm³/mol. The van der Waals surface area contributed by atoms with Crippen molar-refractivity contribution in [3.8, 4) is 0 Å². The molecule has 0 aromatic heterocycles. The second kappa shape index (κ2) is 3.52. The van der Waals surface area contributed by atoms with E-state index in [9.17, 15) is 4.79 Å². The lowest BCUT2D eigenvalue weighted by Crippen LogP contribution is -2.38. The summed E-state index contributed by atoms with van der Waals surface area (Å²) in [6.07, 6.45) is 2.40. The van der Waals surface area contributed by atoms with Crippen molar-refractivity contribution in [1.29, 1.82) is 0 Å². The van der Waals surface area contributed by atoms with Gasteiger partial charge in [0, 0.05) is 0 Å². The maximum Gasteiger partial charge on any atom is 0.244 e. The highest BCUT2D eigenvalue weighted by Crippen LogP contribution is 2.15. The number of alkyl halides is 1. The van der Waals surface area contributed by atoms with Crippen LogP contribution in [0.25, 0.3) is 0 Å². The third kappa shape index (κ3) is 1.82. The molecule has 1 amide bonds. The minimum absolute atomic E-state index is 0.0971. The molecule has 1 aliphatic rings. The average Bonchev–Trinajstić information content (AvgIpc) is 2.36. The normalized spacial score (nSPS) is 22.9. The molecular weight excluding hydrogens is 243 g/mol. The number of hydrogen-bond acceptors (Lipinski definition) is 2. The van der Waals surface area contributed by atoms with Crippen molar-refractivity contribution in [1.82, 2.24) is 4.90 Å². The number of halogens is 1. The Labute approximate surface area is 74.1 Å². The zero-order chi connectivity index (χ0) is 7.56. The second-order valence-electron chi connectivity index (χ2n) is 2.48. The van der Waals surface area contributed by atoms with E-state index in [2.05, 4.69) is 27.5 Å². The highest BCUT2D eigenvalue weighted by Gasteiger charge is 2.22. The van der Waals surface area contributed by atoms with Crippen LogP contribution in [0.3, 0.4) is 0 Å². The molecule has 0 saturated carbocycles. The van der Waals surface area contributed by atoms with Gasteiger partial charge < -0.3 is 5.73 Å². The molecule has 2 N–H and O–H groups in total. The highest BCUT2D eigenvalue weighted by atomic mass is 127. The fourth-order valence-electron chi connectivity index (χ4n) is 1.15. The molecule has 0 aliphatic carbocycles. The molecule has 1 rings (SSSR count). The Morgan fingerprint density at radius 3 is 2.40 bits per heavy atom. The van der Waals surface area contributed by atoms with Crippen molar-refractivity contribution >= 4 is 28.5 Å². The Morgan fingerprint density at radius 1 is 1.50 bits per heavy atom. The van der Waals surface area contributed by atoms with Crippen LogP contribution in [-0.2, 0) is 4.79 Å². The molecule has 0 aromatic rings. The average molecular weight is 254 g/mol. The van der Waals surface area contributed by atoms with Gasteiger partial charge in [0.25, 0.3) is 0 Å². The molecule has 4 heteroatoms. The molecule has 1 unspecified atom stereocenters. The molecule has 1 heterocycles. The Morgan fingerprint density at radius 2 is 2.00 bits per heavy atom. The summed E-state index contributed by atoms with van der Waals surface area (Å²) in [6, 6.07) is 0. The highest BCUT2D eigenvalue weighted by molar-refractivity contribution is 14.1. The minimum Gasteiger partial charge on any atom is -0.368 e. The SMILES string of the molecule is NC(=O)C(I)N1CCCC1. The van der Waals surface area contributed by atoms with Gasteiger partial charge in [0.2, 0.25) is 5.91 Å². The van der Waals surface area contributed by atoms with Gasteiger partial charge in [-0.15, -0.1) is 0 Å². The third-order valence-corrected chi connectivity index (χ3v) is 3.10. The van der Waals surface area contributed by atoms with Crippen LogP contribution in [0.4, 0.5) is 0 Å². The van der Waals surface area contributed by atoms with Crippen molar-refractivity contribution in [2.45, 2.75) is 16.9 Å². The van der Waals surface area contributed by atoms with Crippen LogP contribution in [0.15, 0.2) is 0 Å². The summed E-state index contributed by atoms with van der Waals surface area (Å²) >= 11 is 2.08. The lowest BCUT2D eigenvalue weighted by atomic mass is 10.4. The van der Waals surface area contributed by atoms with Crippen LogP contribution < -0.4 is 5.73 Å². The number of carbonyl (C=O) groups excluding carboxylic acids is 1. The number of nitrogens with zero attached hydrogens (tertiary/aromatic N) is 1. The van der Waals surface area contributed by atoms with Gasteiger partial charge >= 0.3 is 0 Å². The number of amides is 1. The van der Waals surface area contributed by atoms with Gasteiger partial charge in [-0.3, -0.25) is 9.69 Å². The minimum atomic E-state index is -0.220. The summed E-state index contributed by atoms with van der Waals surface area (Å²) in [4.78, 5) is 12.8. The fourth-order valence-corrected chi connectivity index (χ4v) is 1.71. The standard InChI is InChI=1S/C6H11IN2O/c7-5(6(8)10)9-3-1-2-4-9/h5H,1-4H2,(H2,8,10). The zero-order valence-corrected chi connectivity index (χ0v) is 7.87. The van der Waals surface area contributed by atoms with Gasteiger partial charge in [0.05, 0.1) is 0 Å². The summed E-state index contributed by atoms with van der Waals surface area (Å²) in [5.74, 6) is -0.220. The van der Waals surface area contributed by atoms with E-state index in [0.29, 0.717) is 0 Å². The van der Waals surface area contributed by atoms with Gasteiger partial charge in [-0.1, -0.05) is 22.6 Å². The molecule has 10 heavy (non-hydrogen) atoms. The first-order chi connectivity index (χ1) is 4.72. The van der Waals surface area contributed by atoms with Crippen LogP contribution in [0.5, 0.6) is 0 Å². The van der Waals surface area contributed by atoms with E-state index in [1.54, 1.807) is 0 Å². The number of carbonyl (C=O) groups is 1. The van der Waals surface area contributed by atoms with Crippen molar-refractivity contribution in [2.75, 3.05) is 13.1 Å². The first-order valence-electron chi connectivity index (χ1n) is 3.39. The molecule has 1 aliphatic heterocycles. The fraction of sp³-hybridized carbons (Fsp3) is 0.833. The van der Waals surface area contributed by atoms with Crippen LogP contribution in [0.2, 0.25) is 0 Å². The lowest BCUT2D eigenvalue weighted by molar-refractivity contribution is -0.119. The molecule has 1 atom stereocenters. The first kappa shape index (κ1) is 8.26. The maximum absolute atomic E-state index is 10.7. The van der Waals surface area contributed by atoms with Gasteiger partial charge in [-0.25, -0.2) is 0 Å². The van der Waals surface area contributed by atoms with E-state index in [1.165, 1.54) is 12.8 Å². The van der Waals surface area contributed by atoms with Crippen molar-refractivity contribution in [2.24, 2.45) is 5.73 Å². The van der Waals surface area contributed by atoms with Gasteiger partial charge in [-0.05, 0) is 25.9 Å². The Balaban J connectivity index is 2.39. The number of nitrogens with two attached hydrogens (primary N) is 1.